The third kappa shape index (κ3) is 1.63. The van der Waals surface area contributed by atoms with E-state index in [1.807, 2.05) is 0 Å². The molecular formula is C13H19N. The fourth-order valence-electron chi connectivity index (χ4n) is 2.22. The number of hydrogen-bond donors (Lipinski definition) is 1. The van der Waals surface area contributed by atoms with Crippen molar-refractivity contribution in [1.82, 2.24) is 0 Å². The first kappa shape index (κ1) is 9.57. The molecule has 1 nitrogen and oxygen atoms in total. The van der Waals surface area contributed by atoms with E-state index in [1.165, 1.54) is 24.9 Å². The summed E-state index contributed by atoms with van der Waals surface area (Å²) < 4.78 is 0. The SMILES string of the molecule is CCC(C)c1cccc2c1CCCN2. The molecule has 1 aliphatic heterocycles. The predicted molar refractivity (Wildman–Crippen MR) is 62.0 cm³/mol. The van der Waals surface area contributed by atoms with Crippen LogP contribution in [-0.4, -0.2) is 6.54 Å². The van der Waals surface area contributed by atoms with Gasteiger partial charge in [-0.3, -0.25) is 0 Å². The van der Waals surface area contributed by atoms with E-state index in [-0.39, 0.29) is 0 Å². The quantitative estimate of drug-likeness (QED) is 0.750. The smallest absolute Gasteiger partial charge is 0.0375 e. The van der Waals surface area contributed by atoms with E-state index in [4.69, 9.17) is 0 Å². The van der Waals surface area contributed by atoms with Crippen LogP contribution in [0.15, 0.2) is 18.2 Å². The Kier molecular flexibility index (Phi) is 2.76. The molecule has 1 atom stereocenters. The Labute approximate surface area is 86.5 Å². The number of benzene rings is 1. The number of rotatable bonds is 2. The van der Waals surface area contributed by atoms with Crippen LogP contribution in [0.25, 0.3) is 0 Å². The lowest BCUT2D eigenvalue weighted by atomic mass is 9.89. The molecule has 14 heavy (non-hydrogen) atoms. The Morgan fingerprint density at radius 3 is 3.07 bits per heavy atom. The molecule has 0 fully saturated rings. The second kappa shape index (κ2) is 4.04. The molecule has 1 aromatic rings. The van der Waals surface area contributed by atoms with Crippen LogP contribution in [0.3, 0.4) is 0 Å². The Hall–Kier alpha value is -0.980. The summed E-state index contributed by atoms with van der Waals surface area (Å²) in [6, 6.07) is 6.68. The molecule has 1 N–H and O–H groups in total. The summed E-state index contributed by atoms with van der Waals surface area (Å²) in [5, 5.41) is 3.48. The van der Waals surface area contributed by atoms with Gasteiger partial charge in [-0.1, -0.05) is 26.0 Å². The van der Waals surface area contributed by atoms with Gasteiger partial charge in [-0.2, -0.15) is 0 Å². The summed E-state index contributed by atoms with van der Waals surface area (Å²) in [5.74, 6) is 0.699. The van der Waals surface area contributed by atoms with Gasteiger partial charge >= 0.3 is 0 Å². The maximum atomic E-state index is 3.48. The second-order valence-corrected chi connectivity index (χ2v) is 4.21. The summed E-state index contributed by atoms with van der Waals surface area (Å²) in [5.41, 5.74) is 4.49. The summed E-state index contributed by atoms with van der Waals surface area (Å²) in [6.45, 7) is 5.72. The monoisotopic (exact) mass is 189 g/mol. The Balaban J connectivity index is 2.39. The van der Waals surface area contributed by atoms with Crippen molar-refractivity contribution in [3.8, 4) is 0 Å². The van der Waals surface area contributed by atoms with Crippen molar-refractivity contribution in [1.29, 1.82) is 0 Å². The van der Waals surface area contributed by atoms with E-state index < -0.39 is 0 Å². The van der Waals surface area contributed by atoms with Gasteiger partial charge in [0.2, 0.25) is 0 Å². The first-order chi connectivity index (χ1) is 6.83. The molecule has 1 aliphatic rings. The van der Waals surface area contributed by atoms with Crippen LogP contribution >= 0.6 is 0 Å². The van der Waals surface area contributed by atoms with E-state index in [9.17, 15) is 0 Å². The predicted octanol–water partition coefficient (Wildman–Crippen LogP) is 3.56. The number of hydrogen-bond acceptors (Lipinski definition) is 1. The van der Waals surface area contributed by atoms with Crippen LogP contribution in [0, 0.1) is 0 Å². The molecule has 0 radical (unpaired) electrons. The lowest BCUT2D eigenvalue weighted by Crippen LogP contribution is -2.14. The largest absolute Gasteiger partial charge is 0.385 e. The molecule has 0 saturated heterocycles. The summed E-state index contributed by atoms with van der Waals surface area (Å²) in [4.78, 5) is 0. The van der Waals surface area contributed by atoms with E-state index in [1.54, 1.807) is 11.1 Å². The second-order valence-electron chi connectivity index (χ2n) is 4.21. The Morgan fingerprint density at radius 2 is 2.29 bits per heavy atom. The number of anilines is 1. The molecule has 2 rings (SSSR count). The highest BCUT2D eigenvalue weighted by Crippen LogP contribution is 2.31. The molecule has 0 amide bonds. The normalized spacial score (nSPS) is 17.0. The van der Waals surface area contributed by atoms with Crippen LogP contribution < -0.4 is 5.32 Å². The molecule has 0 bridgehead atoms. The highest BCUT2D eigenvalue weighted by molar-refractivity contribution is 5.57. The fraction of sp³-hybridized carbons (Fsp3) is 0.538. The Morgan fingerprint density at radius 1 is 1.43 bits per heavy atom. The van der Waals surface area contributed by atoms with Gasteiger partial charge in [0.1, 0.15) is 0 Å². The average molecular weight is 189 g/mol. The zero-order chi connectivity index (χ0) is 9.97. The van der Waals surface area contributed by atoms with Gasteiger partial charge in [0.05, 0.1) is 0 Å². The van der Waals surface area contributed by atoms with Gasteiger partial charge in [0.25, 0.3) is 0 Å². The van der Waals surface area contributed by atoms with Crippen LogP contribution in [0.2, 0.25) is 0 Å². The van der Waals surface area contributed by atoms with Crippen molar-refractivity contribution in [3.05, 3.63) is 29.3 Å². The highest BCUT2D eigenvalue weighted by atomic mass is 14.9. The molecule has 1 unspecified atom stereocenters. The van der Waals surface area contributed by atoms with E-state index in [0.717, 1.165) is 6.54 Å². The molecular weight excluding hydrogens is 170 g/mol. The average Bonchev–Trinajstić information content (AvgIpc) is 2.27. The third-order valence-electron chi connectivity index (χ3n) is 3.27. The molecule has 0 aliphatic carbocycles. The van der Waals surface area contributed by atoms with Crippen molar-refractivity contribution in [2.24, 2.45) is 0 Å². The van der Waals surface area contributed by atoms with E-state index >= 15 is 0 Å². The third-order valence-corrected chi connectivity index (χ3v) is 3.27. The maximum absolute atomic E-state index is 3.48. The molecule has 1 heteroatoms. The van der Waals surface area contributed by atoms with Crippen LogP contribution in [0.5, 0.6) is 0 Å². The van der Waals surface area contributed by atoms with Crippen molar-refractivity contribution in [3.63, 3.8) is 0 Å². The molecule has 1 heterocycles. The minimum atomic E-state index is 0.699. The van der Waals surface area contributed by atoms with Crippen molar-refractivity contribution in [2.45, 2.75) is 39.0 Å². The van der Waals surface area contributed by atoms with Crippen LogP contribution in [-0.2, 0) is 6.42 Å². The van der Waals surface area contributed by atoms with Crippen molar-refractivity contribution in [2.75, 3.05) is 11.9 Å². The van der Waals surface area contributed by atoms with Gasteiger partial charge in [0, 0.05) is 12.2 Å². The fourth-order valence-corrected chi connectivity index (χ4v) is 2.22. The van der Waals surface area contributed by atoms with Gasteiger partial charge in [-0.15, -0.1) is 0 Å². The molecule has 76 valence electrons. The standard InChI is InChI=1S/C13H19N/c1-3-10(2)11-6-4-8-13-12(11)7-5-9-14-13/h4,6,8,10,14H,3,5,7,9H2,1-2H3. The van der Waals surface area contributed by atoms with Gasteiger partial charge in [-0.05, 0) is 42.4 Å². The van der Waals surface area contributed by atoms with Crippen molar-refractivity contribution >= 4 is 5.69 Å². The minimum Gasteiger partial charge on any atom is -0.385 e. The minimum absolute atomic E-state index is 0.699. The lowest BCUT2D eigenvalue weighted by Gasteiger charge is -2.23. The van der Waals surface area contributed by atoms with Gasteiger partial charge < -0.3 is 5.32 Å². The summed E-state index contributed by atoms with van der Waals surface area (Å²) in [7, 11) is 0. The zero-order valence-electron chi connectivity index (χ0n) is 9.14. The lowest BCUT2D eigenvalue weighted by molar-refractivity contribution is 0.709. The van der Waals surface area contributed by atoms with Crippen LogP contribution in [0.4, 0.5) is 5.69 Å². The van der Waals surface area contributed by atoms with E-state index in [0.29, 0.717) is 5.92 Å². The first-order valence-corrected chi connectivity index (χ1v) is 5.68. The topological polar surface area (TPSA) is 12.0 Å². The van der Waals surface area contributed by atoms with E-state index in [2.05, 4.69) is 37.4 Å². The number of nitrogens with one attached hydrogen (secondary N) is 1. The van der Waals surface area contributed by atoms with Gasteiger partial charge in [0.15, 0.2) is 0 Å². The zero-order valence-corrected chi connectivity index (χ0v) is 9.14. The molecule has 0 aromatic heterocycles. The van der Waals surface area contributed by atoms with Gasteiger partial charge in [-0.25, -0.2) is 0 Å². The number of fused-ring (bicyclic) bond motifs is 1. The molecule has 0 spiro atoms. The van der Waals surface area contributed by atoms with Crippen molar-refractivity contribution < 1.29 is 0 Å². The summed E-state index contributed by atoms with van der Waals surface area (Å²) >= 11 is 0. The first-order valence-electron chi connectivity index (χ1n) is 5.68. The van der Waals surface area contributed by atoms with Crippen LogP contribution in [0.1, 0.15) is 43.7 Å². The Bertz CT molecular complexity index is 317. The highest BCUT2D eigenvalue weighted by Gasteiger charge is 2.14. The maximum Gasteiger partial charge on any atom is 0.0375 e. The molecule has 1 aromatic carbocycles. The molecule has 0 saturated carbocycles. The summed E-state index contributed by atoms with van der Waals surface area (Å²) in [6.07, 6.45) is 3.76.